The van der Waals surface area contributed by atoms with Gasteiger partial charge in [0.15, 0.2) is 0 Å². The first-order valence-corrected chi connectivity index (χ1v) is 6.66. The Bertz CT molecular complexity index is 642. The number of oxazole rings is 1. The number of aryl methyl sites for hydroxylation is 2. The van der Waals surface area contributed by atoms with Gasteiger partial charge in [0, 0.05) is 19.7 Å². The highest BCUT2D eigenvalue weighted by Crippen LogP contribution is 2.21. The third kappa shape index (κ3) is 3.34. The molecule has 6 nitrogen and oxygen atoms in total. The van der Waals surface area contributed by atoms with Crippen LogP contribution in [0, 0.1) is 13.8 Å². The molecule has 2 rings (SSSR count). The smallest absolute Gasteiger partial charge is 0.253 e. The van der Waals surface area contributed by atoms with Crippen LogP contribution in [-0.4, -0.2) is 29.9 Å². The van der Waals surface area contributed by atoms with Gasteiger partial charge in [0.1, 0.15) is 5.76 Å². The molecule has 0 saturated carbocycles. The largest absolute Gasteiger partial charge is 0.444 e. The topological polar surface area (TPSA) is 84.4 Å². The molecule has 21 heavy (non-hydrogen) atoms. The van der Waals surface area contributed by atoms with Crippen LogP contribution in [0.25, 0.3) is 0 Å². The lowest BCUT2D eigenvalue weighted by atomic mass is 10.1. The minimum Gasteiger partial charge on any atom is -0.444 e. The number of nitrogens with two attached hydrogens (primary N) is 1. The van der Waals surface area contributed by atoms with Crippen molar-refractivity contribution in [3.8, 4) is 0 Å². The van der Waals surface area contributed by atoms with Crippen LogP contribution < -0.4 is 11.1 Å². The van der Waals surface area contributed by atoms with Crippen molar-refractivity contribution in [2.75, 3.05) is 25.1 Å². The van der Waals surface area contributed by atoms with E-state index in [4.69, 9.17) is 10.2 Å². The summed E-state index contributed by atoms with van der Waals surface area (Å²) in [6.07, 6.45) is 0. The van der Waals surface area contributed by atoms with Crippen molar-refractivity contribution in [1.29, 1.82) is 0 Å². The minimum atomic E-state index is -0.0686. The molecule has 0 aliphatic carbocycles. The molecular formula is C15H20N4O2. The van der Waals surface area contributed by atoms with Crippen LogP contribution in [0.3, 0.4) is 0 Å². The lowest BCUT2D eigenvalue weighted by Crippen LogP contribution is -2.21. The predicted octanol–water partition coefficient (Wildman–Crippen LogP) is 2.19. The van der Waals surface area contributed by atoms with E-state index in [-0.39, 0.29) is 5.91 Å². The van der Waals surface area contributed by atoms with E-state index in [2.05, 4.69) is 10.3 Å². The van der Waals surface area contributed by atoms with E-state index < -0.39 is 0 Å². The summed E-state index contributed by atoms with van der Waals surface area (Å²) in [6.45, 7) is 4.18. The maximum absolute atomic E-state index is 12.0. The average Bonchev–Trinajstić information content (AvgIpc) is 2.76. The van der Waals surface area contributed by atoms with E-state index in [0.29, 0.717) is 29.4 Å². The van der Waals surface area contributed by atoms with Gasteiger partial charge in [-0.3, -0.25) is 4.79 Å². The number of aromatic nitrogens is 1. The monoisotopic (exact) mass is 288 g/mol. The van der Waals surface area contributed by atoms with Crippen LogP contribution in [0.5, 0.6) is 0 Å². The zero-order chi connectivity index (χ0) is 15.6. The summed E-state index contributed by atoms with van der Waals surface area (Å²) in [4.78, 5) is 17.8. The van der Waals surface area contributed by atoms with Crippen molar-refractivity contribution in [3.63, 3.8) is 0 Å². The molecule has 0 fully saturated rings. The minimum absolute atomic E-state index is 0.0686. The number of benzene rings is 1. The Morgan fingerprint density at radius 3 is 2.67 bits per heavy atom. The average molecular weight is 288 g/mol. The summed E-state index contributed by atoms with van der Waals surface area (Å²) >= 11 is 0. The standard InChI is InChI=1S/C15H20N4O2/c1-9-10(2)21-14(18-9)8-17-13-7-11(5-6-12(13)16)15(20)19(3)4/h5-7,17H,8,16H2,1-4H3. The summed E-state index contributed by atoms with van der Waals surface area (Å²) in [5.41, 5.74) is 8.64. The van der Waals surface area contributed by atoms with Gasteiger partial charge in [-0.15, -0.1) is 0 Å². The fraction of sp³-hybridized carbons (Fsp3) is 0.333. The zero-order valence-corrected chi connectivity index (χ0v) is 12.7. The lowest BCUT2D eigenvalue weighted by Gasteiger charge is -2.13. The number of nitrogens with one attached hydrogen (secondary N) is 1. The van der Waals surface area contributed by atoms with E-state index >= 15 is 0 Å². The fourth-order valence-electron chi connectivity index (χ4n) is 1.89. The highest BCUT2D eigenvalue weighted by Gasteiger charge is 2.11. The van der Waals surface area contributed by atoms with E-state index in [1.807, 2.05) is 13.8 Å². The summed E-state index contributed by atoms with van der Waals surface area (Å²) < 4.78 is 5.50. The van der Waals surface area contributed by atoms with Crippen molar-refractivity contribution in [2.45, 2.75) is 20.4 Å². The number of hydrogen-bond donors (Lipinski definition) is 2. The Morgan fingerprint density at radius 1 is 1.38 bits per heavy atom. The van der Waals surface area contributed by atoms with Crippen molar-refractivity contribution < 1.29 is 9.21 Å². The van der Waals surface area contributed by atoms with Crippen molar-refractivity contribution in [1.82, 2.24) is 9.88 Å². The Morgan fingerprint density at radius 2 is 2.10 bits per heavy atom. The first kappa shape index (κ1) is 14.9. The molecule has 0 spiro atoms. The molecule has 1 aromatic heterocycles. The highest BCUT2D eigenvalue weighted by molar-refractivity contribution is 5.95. The van der Waals surface area contributed by atoms with Gasteiger partial charge in [0.05, 0.1) is 23.6 Å². The quantitative estimate of drug-likeness (QED) is 0.842. The van der Waals surface area contributed by atoms with Crippen molar-refractivity contribution >= 4 is 17.3 Å². The number of amides is 1. The highest BCUT2D eigenvalue weighted by atomic mass is 16.4. The van der Waals surface area contributed by atoms with Crippen LogP contribution in [0.1, 0.15) is 27.7 Å². The number of rotatable bonds is 4. The van der Waals surface area contributed by atoms with E-state index in [0.717, 1.165) is 11.5 Å². The van der Waals surface area contributed by atoms with Gasteiger partial charge in [0.25, 0.3) is 5.91 Å². The molecule has 3 N–H and O–H groups in total. The number of hydrogen-bond acceptors (Lipinski definition) is 5. The van der Waals surface area contributed by atoms with Gasteiger partial charge in [-0.2, -0.15) is 0 Å². The third-order valence-corrected chi connectivity index (χ3v) is 3.21. The fourth-order valence-corrected chi connectivity index (χ4v) is 1.89. The van der Waals surface area contributed by atoms with E-state index in [1.54, 1.807) is 32.3 Å². The molecule has 0 aliphatic rings. The van der Waals surface area contributed by atoms with Gasteiger partial charge in [-0.25, -0.2) is 4.98 Å². The normalized spacial score (nSPS) is 10.5. The maximum Gasteiger partial charge on any atom is 0.253 e. The SMILES string of the molecule is Cc1nc(CNc2cc(C(=O)N(C)C)ccc2N)oc1C. The molecule has 1 aromatic carbocycles. The number of carbonyl (C=O) groups excluding carboxylic acids is 1. The second kappa shape index (κ2) is 5.87. The molecule has 6 heteroatoms. The van der Waals surface area contributed by atoms with Gasteiger partial charge in [-0.1, -0.05) is 0 Å². The van der Waals surface area contributed by atoms with Gasteiger partial charge in [-0.05, 0) is 32.0 Å². The second-order valence-corrected chi connectivity index (χ2v) is 5.10. The van der Waals surface area contributed by atoms with Crippen LogP contribution in [0.15, 0.2) is 22.6 Å². The summed E-state index contributed by atoms with van der Waals surface area (Å²) in [6, 6.07) is 5.16. The molecular weight excluding hydrogens is 268 g/mol. The van der Waals surface area contributed by atoms with Crippen LogP contribution in [0.4, 0.5) is 11.4 Å². The van der Waals surface area contributed by atoms with Gasteiger partial charge in [0.2, 0.25) is 5.89 Å². The van der Waals surface area contributed by atoms with Crippen LogP contribution >= 0.6 is 0 Å². The molecule has 1 amide bonds. The number of anilines is 2. The van der Waals surface area contributed by atoms with Crippen LogP contribution in [0.2, 0.25) is 0 Å². The number of nitrogen functional groups attached to an aromatic ring is 1. The molecule has 1 heterocycles. The molecule has 0 unspecified atom stereocenters. The van der Waals surface area contributed by atoms with Gasteiger partial charge >= 0.3 is 0 Å². The summed E-state index contributed by atoms with van der Waals surface area (Å²) in [5, 5.41) is 3.15. The molecule has 0 bridgehead atoms. The predicted molar refractivity (Wildman–Crippen MR) is 82.2 cm³/mol. The van der Waals surface area contributed by atoms with Crippen molar-refractivity contribution in [3.05, 3.63) is 41.1 Å². The van der Waals surface area contributed by atoms with E-state index in [1.165, 1.54) is 4.90 Å². The molecule has 112 valence electrons. The third-order valence-electron chi connectivity index (χ3n) is 3.21. The Labute approximate surface area is 124 Å². The molecule has 0 atom stereocenters. The summed E-state index contributed by atoms with van der Waals surface area (Å²) in [5.74, 6) is 1.32. The molecule has 2 aromatic rings. The second-order valence-electron chi connectivity index (χ2n) is 5.10. The number of nitrogens with zero attached hydrogens (tertiary/aromatic N) is 2. The maximum atomic E-state index is 12.0. The van der Waals surface area contributed by atoms with E-state index in [9.17, 15) is 4.79 Å². The molecule has 0 radical (unpaired) electrons. The van der Waals surface area contributed by atoms with Crippen LogP contribution in [-0.2, 0) is 6.54 Å². The first-order chi connectivity index (χ1) is 9.88. The molecule has 0 aliphatic heterocycles. The Kier molecular flexibility index (Phi) is 4.16. The molecule has 0 saturated heterocycles. The Balaban J connectivity index is 2.15. The number of carbonyl (C=O) groups is 1. The van der Waals surface area contributed by atoms with Gasteiger partial charge < -0.3 is 20.4 Å². The lowest BCUT2D eigenvalue weighted by molar-refractivity contribution is 0.0827. The Hall–Kier alpha value is -2.50. The first-order valence-electron chi connectivity index (χ1n) is 6.66. The zero-order valence-electron chi connectivity index (χ0n) is 12.7. The summed E-state index contributed by atoms with van der Waals surface area (Å²) in [7, 11) is 3.42. The van der Waals surface area contributed by atoms with Crippen molar-refractivity contribution in [2.24, 2.45) is 0 Å².